The van der Waals surface area contributed by atoms with E-state index in [1.807, 2.05) is 19.9 Å². The molecule has 2 heterocycles. The number of carbonyl (C=O) groups is 4. The van der Waals surface area contributed by atoms with Crippen LogP contribution >= 0.6 is 0 Å². The van der Waals surface area contributed by atoms with E-state index in [9.17, 15) is 45.0 Å². The Morgan fingerprint density at radius 3 is 1.90 bits per heavy atom. The first-order valence-electron chi connectivity index (χ1n) is 22.1. The second kappa shape index (κ2) is 16.4. The number of carbonyl (C=O) groups excluding carboxylic acids is 4. The van der Waals surface area contributed by atoms with Crippen molar-refractivity contribution in [1.29, 1.82) is 0 Å². The fourth-order valence-electron chi connectivity index (χ4n) is 13.8. The van der Waals surface area contributed by atoms with Crippen molar-refractivity contribution in [2.45, 2.75) is 167 Å². The lowest BCUT2D eigenvalue weighted by atomic mass is 9.33. The molecule has 0 bridgehead atoms. The lowest BCUT2D eigenvalue weighted by Gasteiger charge is -2.70. The van der Waals surface area contributed by atoms with E-state index >= 15 is 4.79 Å². The van der Waals surface area contributed by atoms with Gasteiger partial charge in [-0.1, -0.05) is 40.2 Å². The first-order chi connectivity index (χ1) is 28.9. The zero-order chi connectivity index (χ0) is 45.7. The smallest absolute Gasteiger partial charge is 0.337 e. The van der Waals surface area contributed by atoms with Gasteiger partial charge in [-0.25, -0.2) is 9.59 Å². The molecule has 2 aliphatic heterocycles. The highest BCUT2D eigenvalue weighted by Crippen LogP contribution is 2.75. The molecule has 0 unspecified atom stereocenters. The molecule has 350 valence electrons. The van der Waals surface area contributed by atoms with Gasteiger partial charge in [-0.05, 0) is 104 Å². The minimum absolute atomic E-state index is 0.0337. The van der Waals surface area contributed by atoms with Crippen LogP contribution in [0.2, 0.25) is 0 Å². The Labute approximate surface area is 362 Å². The Morgan fingerprint density at radius 1 is 0.710 bits per heavy atom. The lowest BCUT2D eigenvalue weighted by Crippen LogP contribution is -2.69. The van der Waals surface area contributed by atoms with Crippen molar-refractivity contribution < 1.29 is 83.0 Å². The second-order valence-electron chi connectivity index (χ2n) is 21.0. The number of fused-ring (bicyclic) bond motifs is 7. The number of hydrogen-bond acceptors (Lipinski definition) is 17. The summed E-state index contributed by atoms with van der Waals surface area (Å²) < 4.78 is 38.9. The van der Waals surface area contributed by atoms with E-state index in [2.05, 4.69) is 32.4 Å². The maximum absolute atomic E-state index is 15.0. The lowest BCUT2D eigenvalue weighted by molar-refractivity contribution is -0.372. The Kier molecular flexibility index (Phi) is 12.5. The van der Waals surface area contributed by atoms with Crippen LogP contribution in [0.5, 0.6) is 0 Å². The number of ketones is 1. The second-order valence-corrected chi connectivity index (χ2v) is 21.0. The van der Waals surface area contributed by atoms with Crippen LogP contribution in [0.4, 0.5) is 0 Å². The average Bonchev–Trinajstić information content (AvgIpc) is 3.24. The van der Waals surface area contributed by atoms with Gasteiger partial charge in [0.15, 0.2) is 30.6 Å². The highest BCUT2D eigenvalue weighted by atomic mass is 16.8. The molecule has 5 aliphatic carbocycles. The Morgan fingerprint density at radius 2 is 1.31 bits per heavy atom. The van der Waals surface area contributed by atoms with Crippen LogP contribution in [0, 0.1) is 50.2 Å². The van der Waals surface area contributed by atoms with Crippen LogP contribution in [-0.2, 0) is 52.3 Å². The fourth-order valence-corrected chi connectivity index (χ4v) is 13.8. The predicted octanol–water partition coefficient (Wildman–Crippen LogP) is 1.48. The summed E-state index contributed by atoms with van der Waals surface area (Å²) in [5, 5.41) is 65.9. The molecule has 6 fully saturated rings. The van der Waals surface area contributed by atoms with E-state index in [4.69, 9.17) is 28.4 Å². The van der Waals surface area contributed by atoms with Gasteiger partial charge in [-0.15, -0.1) is 0 Å². The molecule has 4 saturated carbocycles. The number of allylic oxidation sites excluding steroid dienone is 2. The maximum Gasteiger partial charge on any atom is 0.337 e. The fraction of sp³-hybridized carbons (Fsp3) is 0.867. The standard InChI is InChI=1S/C45H68O17/c1-40-14-15-41(2,39(55)58-9)19-22(40)21-18-23(47)34-42(3)12-11-25(43(4,20-46)24(42)10-13-45(34,6)44(21,5)17-16-40)59-38-33(29(51)28(50)32(61-38)36(54)57-8)62-37-30(52)26(48)27(49)31(60-37)35(53)56-7/h18,22,24-34,37-38,46,48-52H,10-17,19-20H2,1-9H3/t22-,24+,25-,26-,27-,28-,29-,30+,31-,32-,33+,34+,37-,38-,40+,41-,42-,43+,44+,45+/m0/s1. The average molecular weight is 881 g/mol. The molecule has 0 aromatic heterocycles. The summed E-state index contributed by atoms with van der Waals surface area (Å²) >= 11 is 0. The van der Waals surface area contributed by atoms with E-state index in [1.54, 1.807) is 0 Å². The van der Waals surface area contributed by atoms with Crippen molar-refractivity contribution in [3.63, 3.8) is 0 Å². The van der Waals surface area contributed by atoms with Crippen molar-refractivity contribution in [1.82, 2.24) is 0 Å². The highest BCUT2D eigenvalue weighted by Gasteiger charge is 2.71. The minimum atomic E-state index is -1.97. The predicted molar refractivity (Wildman–Crippen MR) is 214 cm³/mol. The molecule has 62 heavy (non-hydrogen) atoms. The van der Waals surface area contributed by atoms with Gasteiger partial charge in [0.05, 0.1) is 39.5 Å². The quantitative estimate of drug-likeness (QED) is 0.115. The minimum Gasteiger partial charge on any atom is -0.469 e. The molecular formula is C45H68O17. The van der Waals surface area contributed by atoms with E-state index < -0.39 is 107 Å². The van der Waals surface area contributed by atoms with Crippen molar-refractivity contribution >= 4 is 23.7 Å². The molecule has 0 spiro atoms. The molecule has 7 rings (SSSR count). The molecule has 0 aromatic rings. The molecule has 17 nitrogen and oxygen atoms in total. The molecule has 2 saturated heterocycles. The first kappa shape index (κ1) is 47.4. The molecule has 0 amide bonds. The summed E-state index contributed by atoms with van der Waals surface area (Å²) in [7, 11) is 3.53. The zero-order valence-electron chi connectivity index (χ0n) is 37.4. The molecule has 7 aliphatic rings. The SMILES string of the molecule is COC(=O)[C@H]1O[C@@H](O[C@H]2[C@@H](O[C@H]3CC[C@@]4(C)[C@@H](CC[C@]5(C)[C@@H]4C(=O)C=C4[C@@H]6C[C@@](C)(C(=O)OC)CC[C@]6(C)CC[C@]45C)[C@@]3(C)CO)O[C@H](C(=O)OC)[C@@H](O)[C@@H]2O)[C@H](O)[C@@H](O)[C@@H]1O. The number of hydrogen-bond donors (Lipinski definition) is 6. The van der Waals surface area contributed by atoms with Crippen molar-refractivity contribution in [3.8, 4) is 0 Å². The first-order valence-corrected chi connectivity index (χ1v) is 22.1. The van der Waals surface area contributed by atoms with Crippen LogP contribution < -0.4 is 0 Å². The van der Waals surface area contributed by atoms with Crippen molar-refractivity contribution in [3.05, 3.63) is 11.6 Å². The normalized spacial score (nSPS) is 51.3. The molecule has 17 heteroatoms. The molecule has 0 aromatic carbocycles. The third kappa shape index (κ3) is 6.93. The maximum atomic E-state index is 15.0. The van der Waals surface area contributed by atoms with Gasteiger partial charge in [0.1, 0.15) is 36.6 Å². The number of ether oxygens (including phenoxy) is 7. The van der Waals surface area contributed by atoms with E-state index in [-0.39, 0.29) is 41.0 Å². The van der Waals surface area contributed by atoms with Gasteiger partial charge in [0.2, 0.25) is 0 Å². The van der Waals surface area contributed by atoms with Gasteiger partial charge >= 0.3 is 17.9 Å². The summed E-state index contributed by atoms with van der Waals surface area (Å²) in [5.74, 6) is -2.94. The number of aliphatic hydroxyl groups excluding tert-OH is 6. The van der Waals surface area contributed by atoms with Crippen LogP contribution in [0.25, 0.3) is 0 Å². The Bertz CT molecular complexity index is 1810. The largest absolute Gasteiger partial charge is 0.469 e. The summed E-state index contributed by atoms with van der Waals surface area (Å²) in [6, 6.07) is 0. The molecule has 6 N–H and O–H groups in total. The summed E-state index contributed by atoms with van der Waals surface area (Å²) in [4.78, 5) is 53.4. The third-order valence-corrected chi connectivity index (χ3v) is 17.9. The van der Waals surface area contributed by atoms with Crippen LogP contribution in [0.15, 0.2) is 11.6 Å². The van der Waals surface area contributed by atoms with Gasteiger partial charge in [0.25, 0.3) is 0 Å². The van der Waals surface area contributed by atoms with Crippen LogP contribution in [-0.4, -0.2) is 150 Å². The summed E-state index contributed by atoms with van der Waals surface area (Å²) in [5.41, 5.74) is -2.02. The van der Waals surface area contributed by atoms with Crippen molar-refractivity contribution in [2.75, 3.05) is 27.9 Å². The summed E-state index contributed by atoms with van der Waals surface area (Å²) in [6.07, 6.45) is -11.4. The molecule has 0 radical (unpaired) electrons. The van der Waals surface area contributed by atoms with E-state index in [1.165, 1.54) is 7.11 Å². The number of aliphatic hydroxyl groups is 6. The topological polar surface area (TPSA) is 254 Å². The zero-order valence-corrected chi connectivity index (χ0v) is 37.4. The van der Waals surface area contributed by atoms with Gasteiger partial charge in [-0.3, -0.25) is 9.59 Å². The van der Waals surface area contributed by atoms with Gasteiger partial charge in [0, 0.05) is 11.3 Å². The summed E-state index contributed by atoms with van der Waals surface area (Å²) in [6.45, 7) is 12.5. The number of esters is 3. The number of rotatable bonds is 8. The van der Waals surface area contributed by atoms with Crippen LogP contribution in [0.3, 0.4) is 0 Å². The Balaban J connectivity index is 1.20. The molecule has 20 atom stereocenters. The number of methoxy groups -OCH3 is 3. The monoisotopic (exact) mass is 880 g/mol. The van der Waals surface area contributed by atoms with Gasteiger partial charge < -0.3 is 63.8 Å². The highest BCUT2D eigenvalue weighted by molar-refractivity contribution is 5.95. The third-order valence-electron chi connectivity index (χ3n) is 17.9. The van der Waals surface area contributed by atoms with Crippen LogP contribution in [0.1, 0.15) is 99.3 Å². The van der Waals surface area contributed by atoms with Crippen molar-refractivity contribution in [2.24, 2.45) is 50.2 Å². The van der Waals surface area contributed by atoms with E-state index in [0.717, 1.165) is 45.5 Å². The molecular weight excluding hydrogens is 812 g/mol. The van der Waals surface area contributed by atoms with E-state index in [0.29, 0.717) is 32.1 Å². The van der Waals surface area contributed by atoms with Gasteiger partial charge in [-0.2, -0.15) is 0 Å². The Hall–Kier alpha value is -2.58.